The molecular weight excluding hydrogens is 490 g/mol. The van der Waals surface area contributed by atoms with Gasteiger partial charge in [0.25, 0.3) is 5.91 Å². The molecule has 1 aliphatic rings. The lowest BCUT2D eigenvalue weighted by molar-refractivity contribution is -0.113. The standard InChI is InChI=1S/C29H29NO4S2/c1-29(2,3)21-7-13-25(14-8-21)34-18-17-33-24-11-5-20(6-12-24)19-26-27(31)30(28(35)36-26)22-9-15-23(32-4)16-10-22/h5-16,19H,17-18H2,1-4H3/b26-19+. The van der Waals surface area contributed by atoms with Gasteiger partial charge in [0, 0.05) is 0 Å². The third-order valence-corrected chi connectivity index (χ3v) is 6.95. The number of nitrogens with zero attached hydrogens (tertiary/aromatic N) is 1. The van der Waals surface area contributed by atoms with Gasteiger partial charge in [-0.25, -0.2) is 0 Å². The molecule has 0 bridgehead atoms. The average Bonchev–Trinajstić information content (AvgIpc) is 3.15. The maximum atomic E-state index is 13.0. The highest BCUT2D eigenvalue weighted by atomic mass is 32.2. The van der Waals surface area contributed by atoms with Crippen molar-refractivity contribution in [3.05, 3.63) is 88.8 Å². The third kappa shape index (κ3) is 6.28. The molecule has 0 radical (unpaired) electrons. The summed E-state index contributed by atoms with van der Waals surface area (Å²) in [5, 5.41) is 0. The van der Waals surface area contributed by atoms with E-state index in [-0.39, 0.29) is 11.3 Å². The minimum atomic E-state index is -0.136. The molecule has 0 saturated carbocycles. The van der Waals surface area contributed by atoms with E-state index in [0.717, 1.165) is 28.5 Å². The van der Waals surface area contributed by atoms with Gasteiger partial charge in [-0.1, -0.05) is 69.0 Å². The van der Waals surface area contributed by atoms with Crippen LogP contribution in [-0.4, -0.2) is 30.6 Å². The summed E-state index contributed by atoms with van der Waals surface area (Å²) in [5.74, 6) is 2.16. The van der Waals surface area contributed by atoms with Crippen LogP contribution in [0.1, 0.15) is 31.9 Å². The van der Waals surface area contributed by atoms with Crippen LogP contribution in [0.3, 0.4) is 0 Å². The molecule has 4 rings (SSSR count). The smallest absolute Gasteiger partial charge is 0.270 e. The van der Waals surface area contributed by atoms with Gasteiger partial charge in [-0.2, -0.15) is 0 Å². The van der Waals surface area contributed by atoms with E-state index < -0.39 is 0 Å². The summed E-state index contributed by atoms with van der Waals surface area (Å²) in [6.45, 7) is 7.45. The van der Waals surface area contributed by atoms with Crippen molar-refractivity contribution in [1.29, 1.82) is 0 Å². The molecule has 5 nitrogen and oxygen atoms in total. The van der Waals surface area contributed by atoms with Crippen molar-refractivity contribution in [2.24, 2.45) is 0 Å². The SMILES string of the molecule is COc1ccc(N2C(=O)/C(=C\c3ccc(OCCOc4ccc(C(C)(C)C)cc4)cc3)SC2=S)cc1. The molecular formula is C29H29NO4S2. The van der Waals surface area contributed by atoms with Crippen LogP contribution in [0.5, 0.6) is 17.2 Å². The number of benzene rings is 3. The fraction of sp³-hybridized carbons (Fsp3) is 0.241. The van der Waals surface area contributed by atoms with Gasteiger partial charge in [-0.15, -0.1) is 0 Å². The first-order valence-corrected chi connectivity index (χ1v) is 12.9. The fourth-order valence-corrected chi connectivity index (χ4v) is 4.90. The number of hydrogen-bond donors (Lipinski definition) is 0. The molecule has 0 unspecified atom stereocenters. The quantitative estimate of drug-likeness (QED) is 0.184. The molecule has 0 spiro atoms. The molecule has 3 aromatic carbocycles. The van der Waals surface area contributed by atoms with Crippen molar-refractivity contribution in [3.63, 3.8) is 0 Å². The summed E-state index contributed by atoms with van der Waals surface area (Å²) in [6.07, 6.45) is 1.84. The van der Waals surface area contributed by atoms with Crippen molar-refractivity contribution in [1.82, 2.24) is 0 Å². The second kappa shape index (κ2) is 11.2. The van der Waals surface area contributed by atoms with E-state index in [9.17, 15) is 4.79 Å². The van der Waals surface area contributed by atoms with E-state index in [1.165, 1.54) is 17.3 Å². The maximum Gasteiger partial charge on any atom is 0.270 e. The van der Waals surface area contributed by atoms with Crippen LogP contribution in [0, 0.1) is 0 Å². The van der Waals surface area contributed by atoms with E-state index in [4.69, 9.17) is 26.4 Å². The van der Waals surface area contributed by atoms with E-state index in [2.05, 4.69) is 32.9 Å². The first-order valence-electron chi connectivity index (χ1n) is 11.6. The van der Waals surface area contributed by atoms with Gasteiger partial charge in [0.2, 0.25) is 0 Å². The molecule has 0 N–H and O–H groups in total. The number of methoxy groups -OCH3 is 1. The van der Waals surface area contributed by atoms with Gasteiger partial charge in [0.1, 0.15) is 30.5 Å². The van der Waals surface area contributed by atoms with Crippen molar-refractivity contribution < 1.29 is 19.0 Å². The Morgan fingerprint density at radius 3 is 1.89 bits per heavy atom. The number of ether oxygens (including phenoxy) is 3. The van der Waals surface area contributed by atoms with E-state index in [0.29, 0.717) is 22.4 Å². The molecule has 1 fully saturated rings. The third-order valence-electron chi connectivity index (χ3n) is 5.64. The summed E-state index contributed by atoms with van der Waals surface area (Å²) in [4.78, 5) is 15.1. The number of carbonyl (C=O) groups excluding carboxylic acids is 1. The largest absolute Gasteiger partial charge is 0.497 e. The van der Waals surface area contributed by atoms with Crippen LogP contribution in [0.15, 0.2) is 77.7 Å². The van der Waals surface area contributed by atoms with Gasteiger partial charge >= 0.3 is 0 Å². The zero-order valence-corrected chi connectivity index (χ0v) is 22.4. The van der Waals surface area contributed by atoms with Gasteiger partial charge in [0.05, 0.1) is 17.7 Å². The lowest BCUT2D eigenvalue weighted by Crippen LogP contribution is -2.27. The monoisotopic (exact) mass is 519 g/mol. The lowest BCUT2D eigenvalue weighted by atomic mass is 9.87. The van der Waals surface area contributed by atoms with Gasteiger partial charge < -0.3 is 14.2 Å². The molecule has 186 valence electrons. The van der Waals surface area contributed by atoms with Gasteiger partial charge in [-0.3, -0.25) is 9.69 Å². The van der Waals surface area contributed by atoms with E-state index >= 15 is 0 Å². The summed E-state index contributed by atoms with van der Waals surface area (Å²) in [6, 6.07) is 23.0. The lowest BCUT2D eigenvalue weighted by Gasteiger charge is -2.19. The minimum Gasteiger partial charge on any atom is -0.497 e. The maximum absolute atomic E-state index is 13.0. The Hall–Kier alpha value is -3.29. The van der Waals surface area contributed by atoms with Gasteiger partial charge in [-0.05, 0) is 71.1 Å². The highest BCUT2D eigenvalue weighted by molar-refractivity contribution is 8.27. The highest BCUT2D eigenvalue weighted by Crippen LogP contribution is 2.36. The molecule has 1 heterocycles. The molecule has 7 heteroatoms. The Morgan fingerprint density at radius 2 is 1.36 bits per heavy atom. The van der Waals surface area contributed by atoms with Crippen LogP contribution in [-0.2, 0) is 10.2 Å². The topological polar surface area (TPSA) is 48.0 Å². The number of hydrogen-bond acceptors (Lipinski definition) is 6. The van der Waals surface area contributed by atoms with Crippen LogP contribution in [0.2, 0.25) is 0 Å². The molecule has 1 aliphatic heterocycles. The second-order valence-corrected chi connectivity index (χ2v) is 10.9. The number of thioether (sulfide) groups is 1. The van der Waals surface area contributed by atoms with Crippen molar-refractivity contribution >= 4 is 46.0 Å². The predicted molar refractivity (Wildman–Crippen MR) is 151 cm³/mol. The number of rotatable bonds is 8. The van der Waals surface area contributed by atoms with Crippen molar-refractivity contribution in [2.45, 2.75) is 26.2 Å². The number of thiocarbonyl (C=S) groups is 1. The molecule has 1 saturated heterocycles. The first-order chi connectivity index (χ1) is 17.2. The normalized spacial score (nSPS) is 14.9. The number of amides is 1. The Labute approximate surface area is 222 Å². The van der Waals surface area contributed by atoms with Crippen LogP contribution < -0.4 is 19.1 Å². The minimum absolute atomic E-state index is 0.120. The number of carbonyl (C=O) groups is 1. The molecule has 0 atom stereocenters. The molecule has 1 amide bonds. The predicted octanol–water partition coefficient (Wildman–Crippen LogP) is 6.86. The Balaban J connectivity index is 1.30. The van der Waals surface area contributed by atoms with Crippen LogP contribution in [0.4, 0.5) is 5.69 Å². The second-order valence-electron chi connectivity index (χ2n) is 9.26. The van der Waals surface area contributed by atoms with E-state index in [1.807, 2.05) is 66.7 Å². The van der Waals surface area contributed by atoms with Crippen molar-refractivity contribution in [3.8, 4) is 17.2 Å². The molecule has 0 aliphatic carbocycles. The highest BCUT2D eigenvalue weighted by Gasteiger charge is 2.33. The zero-order valence-electron chi connectivity index (χ0n) is 20.8. The Kier molecular flexibility index (Phi) is 8.01. The fourth-order valence-electron chi connectivity index (χ4n) is 3.60. The molecule has 0 aromatic heterocycles. The summed E-state index contributed by atoms with van der Waals surface area (Å²) < 4.78 is 17.3. The molecule has 3 aromatic rings. The van der Waals surface area contributed by atoms with Crippen LogP contribution in [0.25, 0.3) is 6.08 Å². The van der Waals surface area contributed by atoms with Crippen LogP contribution >= 0.6 is 24.0 Å². The first kappa shape index (κ1) is 25.8. The summed E-state index contributed by atoms with van der Waals surface area (Å²) >= 11 is 6.75. The number of anilines is 1. The average molecular weight is 520 g/mol. The van der Waals surface area contributed by atoms with Crippen molar-refractivity contribution in [2.75, 3.05) is 25.2 Å². The summed E-state index contributed by atoms with van der Waals surface area (Å²) in [5.41, 5.74) is 3.01. The zero-order chi connectivity index (χ0) is 25.7. The van der Waals surface area contributed by atoms with Gasteiger partial charge in [0.15, 0.2) is 4.32 Å². The van der Waals surface area contributed by atoms with E-state index in [1.54, 1.807) is 12.0 Å². The Morgan fingerprint density at radius 1 is 0.833 bits per heavy atom. The molecule has 36 heavy (non-hydrogen) atoms. The summed E-state index contributed by atoms with van der Waals surface area (Å²) in [7, 11) is 1.61. The Bertz CT molecular complexity index is 1240.